The van der Waals surface area contributed by atoms with Gasteiger partial charge in [-0.3, -0.25) is 14.5 Å². The van der Waals surface area contributed by atoms with E-state index < -0.39 is 0 Å². The Balaban J connectivity index is 1.72. The van der Waals surface area contributed by atoms with E-state index in [1.165, 1.54) is 0 Å². The first-order valence-electron chi connectivity index (χ1n) is 9.90. The third-order valence-electron chi connectivity index (χ3n) is 5.56. The van der Waals surface area contributed by atoms with Gasteiger partial charge in [0.15, 0.2) is 11.6 Å². The van der Waals surface area contributed by atoms with Gasteiger partial charge in [0.25, 0.3) is 0 Å². The Morgan fingerprint density at radius 1 is 1.11 bits per heavy atom. The first-order chi connectivity index (χ1) is 13.4. The van der Waals surface area contributed by atoms with E-state index in [1.54, 1.807) is 14.0 Å². The number of benzene rings is 2. The fourth-order valence-corrected chi connectivity index (χ4v) is 4.21. The van der Waals surface area contributed by atoms with Crippen LogP contribution in [-0.2, 0) is 6.54 Å². The summed E-state index contributed by atoms with van der Waals surface area (Å²) in [5, 5.41) is 0. The lowest BCUT2D eigenvalue weighted by atomic mass is 9.88. The molecule has 2 aromatic rings. The molecule has 0 saturated carbocycles. The average molecular weight is 380 g/mol. The molecule has 0 amide bonds. The second kappa shape index (κ2) is 8.70. The molecule has 1 aliphatic heterocycles. The van der Waals surface area contributed by atoms with Crippen molar-refractivity contribution in [3.63, 3.8) is 0 Å². The van der Waals surface area contributed by atoms with E-state index in [0.29, 0.717) is 0 Å². The number of ether oxygens (including phenoxy) is 1. The van der Waals surface area contributed by atoms with Gasteiger partial charge in [-0.25, -0.2) is 0 Å². The minimum absolute atomic E-state index is 0.0111. The molecular weight excluding hydrogens is 350 g/mol. The van der Waals surface area contributed by atoms with Crippen molar-refractivity contribution < 1.29 is 14.3 Å². The van der Waals surface area contributed by atoms with E-state index in [9.17, 15) is 9.59 Å². The zero-order chi connectivity index (χ0) is 20.3. The first-order valence-corrected chi connectivity index (χ1v) is 9.90. The zero-order valence-electron chi connectivity index (χ0n) is 17.2. The van der Waals surface area contributed by atoms with Gasteiger partial charge in [-0.05, 0) is 75.0 Å². The predicted molar refractivity (Wildman–Crippen MR) is 111 cm³/mol. The van der Waals surface area contributed by atoms with Crippen molar-refractivity contribution in [3.05, 3.63) is 64.2 Å². The number of nitrogens with zero attached hydrogens (tertiary/aromatic N) is 1. The molecule has 0 aliphatic carbocycles. The highest BCUT2D eigenvalue weighted by molar-refractivity contribution is 5.98. The highest BCUT2D eigenvalue weighted by Gasteiger charge is 2.27. The number of methoxy groups -OCH3 is 1. The van der Waals surface area contributed by atoms with Crippen molar-refractivity contribution in [1.82, 2.24) is 4.90 Å². The zero-order valence-corrected chi connectivity index (χ0v) is 17.2. The molecule has 0 aromatic heterocycles. The molecular formula is C24H29NO3. The molecule has 0 N–H and O–H groups in total. The van der Waals surface area contributed by atoms with Crippen molar-refractivity contribution in [2.75, 3.05) is 20.2 Å². The van der Waals surface area contributed by atoms with E-state index in [2.05, 4.69) is 4.90 Å². The number of carbonyl (C=O) groups is 2. The summed E-state index contributed by atoms with van der Waals surface area (Å²) in [5.74, 6) is 1.17. The lowest BCUT2D eigenvalue weighted by Crippen LogP contribution is -2.38. The summed E-state index contributed by atoms with van der Waals surface area (Å²) in [4.78, 5) is 27.1. The summed E-state index contributed by atoms with van der Waals surface area (Å²) in [7, 11) is 1.66. The normalized spacial score (nSPS) is 17.4. The molecule has 148 valence electrons. The maximum Gasteiger partial charge on any atom is 0.167 e. The van der Waals surface area contributed by atoms with Crippen LogP contribution in [0.25, 0.3) is 0 Å². The third-order valence-corrected chi connectivity index (χ3v) is 5.56. The summed E-state index contributed by atoms with van der Waals surface area (Å²) < 4.78 is 5.42. The van der Waals surface area contributed by atoms with Crippen LogP contribution in [-0.4, -0.2) is 36.7 Å². The Bertz CT molecular complexity index is 864. The minimum atomic E-state index is 0.0111. The average Bonchev–Trinajstić information content (AvgIpc) is 2.67. The molecule has 4 nitrogen and oxygen atoms in total. The molecule has 28 heavy (non-hydrogen) atoms. The van der Waals surface area contributed by atoms with Crippen LogP contribution in [0.5, 0.6) is 5.75 Å². The number of piperidine rings is 1. The standard InChI is InChI=1S/C24H29NO3/c1-16-11-22(12-17(2)24(16)28-4)23(27)21-9-6-10-25(15-21)14-19-7-5-8-20(13-19)18(3)26/h5,7-8,11-13,21H,6,9-10,14-15H2,1-4H3/t21-/m0/s1. The van der Waals surface area contributed by atoms with Gasteiger partial charge >= 0.3 is 0 Å². The molecule has 4 heteroatoms. The molecule has 0 unspecified atom stereocenters. The van der Waals surface area contributed by atoms with Crippen LogP contribution in [0.4, 0.5) is 0 Å². The number of carbonyl (C=O) groups excluding carboxylic acids is 2. The van der Waals surface area contributed by atoms with Crippen molar-refractivity contribution in [3.8, 4) is 5.75 Å². The Labute approximate surface area is 167 Å². The lowest BCUT2D eigenvalue weighted by Gasteiger charge is -2.32. The molecule has 0 bridgehead atoms. The van der Waals surface area contributed by atoms with Crippen LogP contribution in [0.2, 0.25) is 0 Å². The lowest BCUT2D eigenvalue weighted by molar-refractivity contribution is 0.0811. The second-order valence-electron chi connectivity index (χ2n) is 7.84. The number of likely N-dealkylation sites (tertiary alicyclic amines) is 1. The predicted octanol–water partition coefficient (Wildman–Crippen LogP) is 4.61. The molecule has 1 fully saturated rings. The third kappa shape index (κ3) is 4.50. The first kappa shape index (κ1) is 20.3. The van der Waals surface area contributed by atoms with E-state index >= 15 is 0 Å². The van der Waals surface area contributed by atoms with Crippen molar-refractivity contribution in [1.29, 1.82) is 0 Å². The molecule has 1 atom stereocenters. The molecule has 1 aliphatic rings. The van der Waals surface area contributed by atoms with Crippen LogP contribution in [0.1, 0.15) is 57.2 Å². The van der Waals surface area contributed by atoms with Gasteiger partial charge < -0.3 is 4.74 Å². The summed E-state index contributed by atoms with van der Waals surface area (Å²) >= 11 is 0. The van der Waals surface area contributed by atoms with Gasteiger partial charge in [-0.2, -0.15) is 0 Å². The van der Waals surface area contributed by atoms with Crippen LogP contribution < -0.4 is 4.74 Å². The summed E-state index contributed by atoms with van der Waals surface area (Å²) in [6.07, 6.45) is 1.93. The van der Waals surface area contributed by atoms with Crippen LogP contribution >= 0.6 is 0 Å². The van der Waals surface area contributed by atoms with Crippen molar-refractivity contribution in [2.24, 2.45) is 5.92 Å². The Morgan fingerprint density at radius 2 is 1.82 bits per heavy atom. The number of Topliss-reactive ketones (excluding diaryl/α,β-unsaturated/α-hetero) is 2. The number of hydrogen-bond acceptors (Lipinski definition) is 4. The molecule has 0 spiro atoms. The monoisotopic (exact) mass is 379 g/mol. The van der Waals surface area contributed by atoms with Crippen LogP contribution in [0.3, 0.4) is 0 Å². The number of hydrogen-bond donors (Lipinski definition) is 0. The summed E-state index contributed by atoms with van der Waals surface area (Å²) in [5.41, 5.74) is 4.64. The maximum atomic E-state index is 13.1. The van der Waals surface area contributed by atoms with E-state index in [-0.39, 0.29) is 17.5 Å². The smallest absolute Gasteiger partial charge is 0.167 e. The molecule has 2 aromatic carbocycles. The van der Waals surface area contributed by atoms with Crippen LogP contribution in [0, 0.1) is 19.8 Å². The number of rotatable bonds is 6. The van der Waals surface area contributed by atoms with Gasteiger partial charge in [0.05, 0.1) is 7.11 Å². The summed E-state index contributed by atoms with van der Waals surface area (Å²) in [6.45, 7) is 8.07. The van der Waals surface area contributed by atoms with Gasteiger partial charge in [-0.15, -0.1) is 0 Å². The summed E-state index contributed by atoms with van der Waals surface area (Å²) in [6, 6.07) is 11.7. The van der Waals surface area contributed by atoms with Crippen LogP contribution in [0.15, 0.2) is 36.4 Å². The largest absolute Gasteiger partial charge is 0.496 e. The quantitative estimate of drug-likeness (QED) is 0.688. The molecule has 3 rings (SSSR count). The Morgan fingerprint density at radius 3 is 2.46 bits per heavy atom. The van der Waals surface area contributed by atoms with Gasteiger partial charge in [-0.1, -0.05) is 18.2 Å². The SMILES string of the molecule is COc1c(C)cc(C(=O)[C@H]2CCCN(Cc3cccc(C(C)=O)c3)C2)cc1C. The fourth-order valence-electron chi connectivity index (χ4n) is 4.21. The van der Waals surface area contributed by atoms with Gasteiger partial charge in [0, 0.05) is 30.1 Å². The van der Waals surface area contributed by atoms with E-state index in [1.807, 2.05) is 50.2 Å². The molecule has 0 radical (unpaired) electrons. The van der Waals surface area contributed by atoms with E-state index in [4.69, 9.17) is 4.74 Å². The van der Waals surface area contributed by atoms with Gasteiger partial charge in [0.2, 0.25) is 0 Å². The topological polar surface area (TPSA) is 46.6 Å². The minimum Gasteiger partial charge on any atom is -0.496 e. The number of ketones is 2. The highest BCUT2D eigenvalue weighted by atomic mass is 16.5. The van der Waals surface area contributed by atoms with Crippen molar-refractivity contribution >= 4 is 11.6 Å². The Kier molecular flexibility index (Phi) is 6.30. The fraction of sp³-hybridized carbons (Fsp3) is 0.417. The second-order valence-corrected chi connectivity index (χ2v) is 7.84. The number of aryl methyl sites for hydroxylation is 2. The highest BCUT2D eigenvalue weighted by Crippen LogP contribution is 2.28. The van der Waals surface area contributed by atoms with Crippen molar-refractivity contribution in [2.45, 2.75) is 40.2 Å². The maximum absolute atomic E-state index is 13.1. The van der Waals surface area contributed by atoms with Gasteiger partial charge in [0.1, 0.15) is 5.75 Å². The molecule has 1 heterocycles. The van der Waals surface area contributed by atoms with E-state index in [0.717, 1.165) is 66.0 Å². The Hall–Kier alpha value is -2.46. The molecule has 1 saturated heterocycles.